The Morgan fingerprint density at radius 2 is 1.90 bits per heavy atom. The van der Waals surface area contributed by atoms with Crippen LogP contribution in [0.5, 0.6) is 11.5 Å². The third-order valence-electron chi connectivity index (χ3n) is 2.57. The molecule has 110 valence electrons. The van der Waals surface area contributed by atoms with Gasteiger partial charge in [-0.3, -0.25) is 14.6 Å². The lowest BCUT2D eigenvalue weighted by Gasteiger charge is -2.10. The molecule has 0 saturated carbocycles. The number of carbonyl (C=O) groups is 1. The maximum Gasteiger partial charge on any atom is 0.342 e. The number of nitrogens with one attached hydrogen (secondary N) is 3. The molecule has 1 aromatic carbocycles. The molecule has 21 heavy (non-hydrogen) atoms. The summed E-state index contributed by atoms with van der Waals surface area (Å²) in [6, 6.07) is 4.69. The van der Waals surface area contributed by atoms with Gasteiger partial charge >= 0.3 is 5.69 Å². The van der Waals surface area contributed by atoms with Gasteiger partial charge in [-0.05, 0) is 12.1 Å². The average Bonchev–Trinajstić information content (AvgIpc) is 2.46. The number of hydrogen-bond acceptors (Lipinski definition) is 6. The van der Waals surface area contributed by atoms with Crippen molar-refractivity contribution in [2.24, 2.45) is 0 Å². The van der Waals surface area contributed by atoms with Gasteiger partial charge in [0.2, 0.25) is 5.69 Å². The predicted molar refractivity (Wildman–Crippen MR) is 73.0 cm³/mol. The number of amides is 1. The van der Waals surface area contributed by atoms with Crippen LogP contribution in [0.15, 0.2) is 27.8 Å². The molecule has 1 aromatic heterocycles. The lowest BCUT2D eigenvalue weighted by Crippen LogP contribution is -2.32. The van der Waals surface area contributed by atoms with Crippen molar-refractivity contribution in [1.29, 1.82) is 0 Å². The minimum atomic E-state index is -0.878. The van der Waals surface area contributed by atoms with Crippen molar-refractivity contribution in [1.82, 2.24) is 15.2 Å². The number of aromatic nitrogens is 3. The van der Waals surface area contributed by atoms with E-state index in [1.54, 1.807) is 12.1 Å². The molecule has 9 nitrogen and oxygen atoms in total. The molecule has 0 fully saturated rings. The normalized spacial score (nSPS) is 10.0. The molecule has 0 spiro atoms. The SMILES string of the molecule is COc1ccc(NC(=O)c2n[nH]c(=O)[nH]c2=O)cc1OC. The molecular formula is C12H12N4O5. The van der Waals surface area contributed by atoms with Gasteiger partial charge < -0.3 is 14.8 Å². The fraction of sp³-hybridized carbons (Fsp3) is 0.167. The molecule has 1 heterocycles. The van der Waals surface area contributed by atoms with Crippen LogP contribution in [0.3, 0.4) is 0 Å². The second-order valence-corrected chi connectivity index (χ2v) is 3.88. The van der Waals surface area contributed by atoms with Crippen LogP contribution in [0, 0.1) is 0 Å². The summed E-state index contributed by atoms with van der Waals surface area (Å²) in [5.41, 5.74) is -1.74. The monoisotopic (exact) mass is 292 g/mol. The first-order valence-electron chi connectivity index (χ1n) is 5.77. The number of nitrogens with zero attached hydrogens (tertiary/aromatic N) is 1. The first-order valence-corrected chi connectivity index (χ1v) is 5.77. The van der Waals surface area contributed by atoms with E-state index in [0.29, 0.717) is 17.2 Å². The number of carbonyl (C=O) groups excluding carboxylic acids is 1. The Labute approximate surface area is 117 Å². The zero-order valence-corrected chi connectivity index (χ0v) is 11.2. The van der Waals surface area contributed by atoms with Crippen LogP contribution in [-0.4, -0.2) is 35.3 Å². The molecule has 0 aliphatic heterocycles. The Hall–Kier alpha value is -3.10. The van der Waals surface area contributed by atoms with Gasteiger partial charge in [-0.25, -0.2) is 9.89 Å². The van der Waals surface area contributed by atoms with E-state index in [0.717, 1.165) is 0 Å². The fourth-order valence-electron chi connectivity index (χ4n) is 1.61. The maximum absolute atomic E-state index is 11.9. The van der Waals surface area contributed by atoms with Gasteiger partial charge in [-0.1, -0.05) is 0 Å². The summed E-state index contributed by atoms with van der Waals surface area (Å²) in [6.07, 6.45) is 0. The molecule has 0 bridgehead atoms. The lowest BCUT2D eigenvalue weighted by atomic mass is 10.2. The molecule has 0 saturated heterocycles. The van der Waals surface area contributed by atoms with Crippen molar-refractivity contribution in [3.63, 3.8) is 0 Å². The van der Waals surface area contributed by atoms with Gasteiger partial charge in [-0.2, -0.15) is 5.10 Å². The number of ether oxygens (including phenoxy) is 2. The van der Waals surface area contributed by atoms with E-state index in [4.69, 9.17) is 9.47 Å². The van der Waals surface area contributed by atoms with Crippen molar-refractivity contribution in [2.45, 2.75) is 0 Å². The Kier molecular flexibility index (Phi) is 4.02. The van der Waals surface area contributed by atoms with Gasteiger partial charge in [0.1, 0.15) is 0 Å². The summed E-state index contributed by atoms with van der Waals surface area (Å²) in [5.74, 6) is 0.147. The fourth-order valence-corrected chi connectivity index (χ4v) is 1.61. The van der Waals surface area contributed by atoms with E-state index in [2.05, 4.69) is 10.4 Å². The van der Waals surface area contributed by atoms with Crippen LogP contribution in [0.2, 0.25) is 0 Å². The molecule has 1 amide bonds. The largest absolute Gasteiger partial charge is 0.493 e. The second kappa shape index (κ2) is 5.90. The van der Waals surface area contributed by atoms with Crippen molar-refractivity contribution < 1.29 is 14.3 Å². The van der Waals surface area contributed by atoms with Crippen LogP contribution in [0.1, 0.15) is 10.5 Å². The van der Waals surface area contributed by atoms with Crippen LogP contribution >= 0.6 is 0 Å². The minimum Gasteiger partial charge on any atom is -0.493 e. The highest BCUT2D eigenvalue weighted by atomic mass is 16.5. The molecule has 2 aromatic rings. The Balaban J connectivity index is 2.27. The standard InChI is InChI=1S/C12H12N4O5/c1-20-7-4-3-6(5-8(7)21-2)13-10(17)9-11(18)14-12(19)16-15-9/h3-5H,1-2H3,(H,13,17)(H2,14,16,18,19). The molecule has 3 N–H and O–H groups in total. The van der Waals surface area contributed by atoms with Crippen molar-refractivity contribution in [3.8, 4) is 11.5 Å². The summed E-state index contributed by atoms with van der Waals surface area (Å²) < 4.78 is 10.2. The zero-order chi connectivity index (χ0) is 15.4. The van der Waals surface area contributed by atoms with Crippen LogP contribution in [0.25, 0.3) is 0 Å². The minimum absolute atomic E-state index is 0.380. The zero-order valence-electron chi connectivity index (χ0n) is 11.2. The van der Waals surface area contributed by atoms with E-state index in [1.807, 2.05) is 10.1 Å². The quantitative estimate of drug-likeness (QED) is 0.712. The summed E-state index contributed by atoms with van der Waals surface area (Å²) in [5, 5.41) is 7.85. The average molecular weight is 292 g/mol. The molecule has 0 atom stereocenters. The molecular weight excluding hydrogens is 280 g/mol. The van der Waals surface area contributed by atoms with E-state index in [1.165, 1.54) is 20.3 Å². The van der Waals surface area contributed by atoms with Crippen molar-refractivity contribution >= 4 is 11.6 Å². The molecule has 2 rings (SSSR count). The molecule has 9 heteroatoms. The van der Waals surface area contributed by atoms with Crippen LogP contribution in [-0.2, 0) is 0 Å². The number of rotatable bonds is 4. The summed E-state index contributed by atoms with van der Waals surface area (Å²) in [6.45, 7) is 0. The van der Waals surface area contributed by atoms with E-state index in [-0.39, 0.29) is 0 Å². The number of H-pyrrole nitrogens is 2. The predicted octanol–water partition coefficient (Wildman–Crippen LogP) is -0.272. The topological polar surface area (TPSA) is 126 Å². The molecule has 0 aliphatic carbocycles. The van der Waals surface area contributed by atoms with Crippen LogP contribution in [0.4, 0.5) is 5.69 Å². The number of methoxy groups -OCH3 is 2. The van der Waals surface area contributed by atoms with Gasteiger partial charge in [-0.15, -0.1) is 0 Å². The third kappa shape index (κ3) is 3.08. The van der Waals surface area contributed by atoms with Crippen molar-refractivity contribution in [2.75, 3.05) is 19.5 Å². The van der Waals surface area contributed by atoms with Gasteiger partial charge in [0.05, 0.1) is 14.2 Å². The highest BCUT2D eigenvalue weighted by Gasteiger charge is 2.14. The molecule has 0 radical (unpaired) electrons. The van der Waals surface area contributed by atoms with E-state index in [9.17, 15) is 14.4 Å². The Morgan fingerprint density at radius 3 is 2.52 bits per heavy atom. The number of benzene rings is 1. The van der Waals surface area contributed by atoms with Crippen molar-refractivity contribution in [3.05, 3.63) is 44.7 Å². The highest BCUT2D eigenvalue weighted by molar-refractivity contribution is 6.02. The number of aromatic amines is 2. The smallest absolute Gasteiger partial charge is 0.342 e. The third-order valence-corrected chi connectivity index (χ3v) is 2.57. The first-order chi connectivity index (χ1) is 10.0. The summed E-state index contributed by atoms with van der Waals surface area (Å²) in [4.78, 5) is 36.1. The molecule has 0 aliphatic rings. The number of anilines is 1. The summed E-state index contributed by atoms with van der Waals surface area (Å²) >= 11 is 0. The van der Waals surface area contributed by atoms with Gasteiger partial charge in [0.25, 0.3) is 11.5 Å². The summed E-state index contributed by atoms with van der Waals surface area (Å²) in [7, 11) is 2.94. The Bertz CT molecular complexity index is 780. The molecule has 0 unspecified atom stereocenters. The highest BCUT2D eigenvalue weighted by Crippen LogP contribution is 2.29. The van der Waals surface area contributed by atoms with Crippen LogP contribution < -0.4 is 26.0 Å². The first kappa shape index (κ1) is 14.3. The maximum atomic E-state index is 11.9. The van der Waals surface area contributed by atoms with Gasteiger partial charge in [0.15, 0.2) is 11.5 Å². The van der Waals surface area contributed by atoms with E-state index >= 15 is 0 Å². The second-order valence-electron chi connectivity index (χ2n) is 3.88. The van der Waals surface area contributed by atoms with E-state index < -0.39 is 22.9 Å². The Morgan fingerprint density at radius 1 is 1.19 bits per heavy atom. The lowest BCUT2D eigenvalue weighted by molar-refractivity contribution is 0.101. The number of hydrogen-bond donors (Lipinski definition) is 3. The van der Waals surface area contributed by atoms with Gasteiger partial charge in [0, 0.05) is 11.8 Å².